The Bertz CT molecular complexity index is 833. The number of hydrogen-bond donors (Lipinski definition) is 4. The van der Waals surface area contributed by atoms with Crippen molar-refractivity contribution in [2.45, 2.75) is 6.42 Å². The third-order valence-electron chi connectivity index (χ3n) is 3.60. The summed E-state index contributed by atoms with van der Waals surface area (Å²) in [5.41, 5.74) is 0.844. The molecule has 1 aromatic heterocycles. The maximum atomic E-state index is 12.0. The summed E-state index contributed by atoms with van der Waals surface area (Å²) in [6.45, 7) is 0.811. The van der Waals surface area contributed by atoms with Gasteiger partial charge < -0.3 is 31.1 Å². The first-order valence-electron chi connectivity index (χ1n) is 7.24. The normalized spacial score (nSPS) is 11.9. The Morgan fingerprint density at radius 2 is 2.00 bits per heavy atom. The second-order valence-corrected chi connectivity index (χ2v) is 5.21. The van der Waals surface area contributed by atoms with Crippen molar-refractivity contribution in [1.82, 2.24) is 9.97 Å². The number of amides is 1. The molecule has 6 N–H and O–H groups in total. The average molecular weight is 347 g/mol. The Hall–Kier alpha value is -3.40. The molecule has 0 fully saturated rings. The monoisotopic (exact) mass is 347 g/mol. The molecule has 3 rings (SSSR count). The van der Waals surface area contributed by atoms with Gasteiger partial charge in [0.25, 0.3) is 5.56 Å². The fourth-order valence-corrected chi connectivity index (χ4v) is 2.38. The molecule has 1 aliphatic rings. The van der Waals surface area contributed by atoms with Crippen LogP contribution in [-0.4, -0.2) is 45.6 Å². The minimum atomic E-state index is -1.02. The van der Waals surface area contributed by atoms with Gasteiger partial charge in [-0.2, -0.15) is 0 Å². The Morgan fingerprint density at radius 3 is 2.68 bits per heavy atom. The van der Waals surface area contributed by atoms with Gasteiger partial charge in [-0.15, -0.1) is 0 Å². The fraction of sp³-hybridized carbons (Fsp3) is 0.200. The van der Waals surface area contributed by atoms with Crippen LogP contribution in [0.5, 0.6) is 0 Å². The summed E-state index contributed by atoms with van der Waals surface area (Å²) in [5.74, 6) is -0.704. The lowest BCUT2D eigenvalue weighted by Crippen LogP contribution is -2.28. The van der Waals surface area contributed by atoms with E-state index in [1.54, 1.807) is 4.90 Å². The predicted molar refractivity (Wildman–Crippen MR) is 91.0 cm³/mol. The van der Waals surface area contributed by atoms with E-state index >= 15 is 0 Å². The number of hydrogen-bond acceptors (Lipinski definition) is 6. The molecule has 1 amide bonds. The maximum Gasteiger partial charge on any atom is 0.335 e. The average Bonchev–Trinajstić information content (AvgIpc) is 2.98. The summed E-state index contributed by atoms with van der Waals surface area (Å²) in [6.07, 6.45) is 1.53. The van der Waals surface area contributed by atoms with Crippen LogP contribution in [0.25, 0.3) is 0 Å². The van der Waals surface area contributed by atoms with Gasteiger partial charge in [0, 0.05) is 18.7 Å². The van der Waals surface area contributed by atoms with Gasteiger partial charge in [-0.25, -0.2) is 9.78 Å². The first kappa shape index (κ1) is 17.9. The predicted octanol–water partition coefficient (Wildman–Crippen LogP) is -0.138. The lowest BCUT2D eigenvalue weighted by atomic mass is 10.2. The number of H-pyrrole nitrogens is 1. The molecule has 25 heavy (non-hydrogen) atoms. The summed E-state index contributed by atoms with van der Waals surface area (Å²) in [6, 6.07) is 5.92. The van der Waals surface area contributed by atoms with Crippen molar-refractivity contribution in [3.8, 4) is 0 Å². The molecule has 10 nitrogen and oxygen atoms in total. The highest BCUT2D eigenvalue weighted by Gasteiger charge is 2.22. The van der Waals surface area contributed by atoms with Gasteiger partial charge in [0.1, 0.15) is 5.69 Å². The van der Waals surface area contributed by atoms with E-state index in [4.69, 9.17) is 5.11 Å². The second kappa shape index (κ2) is 7.45. The lowest BCUT2D eigenvalue weighted by molar-refractivity contribution is -0.116. The van der Waals surface area contributed by atoms with Crippen LogP contribution in [0.1, 0.15) is 16.8 Å². The van der Waals surface area contributed by atoms with Crippen LogP contribution >= 0.6 is 0 Å². The van der Waals surface area contributed by atoms with Gasteiger partial charge in [-0.05, 0) is 24.3 Å². The number of fused-ring (bicyclic) bond motifs is 1. The van der Waals surface area contributed by atoms with Gasteiger partial charge >= 0.3 is 5.97 Å². The lowest BCUT2D eigenvalue weighted by Gasteiger charge is -2.16. The number of benzene rings is 1. The zero-order valence-corrected chi connectivity index (χ0v) is 13.1. The molecular weight excluding hydrogens is 330 g/mol. The van der Waals surface area contributed by atoms with E-state index in [2.05, 4.69) is 20.6 Å². The zero-order valence-electron chi connectivity index (χ0n) is 13.1. The van der Waals surface area contributed by atoms with Crippen LogP contribution in [0.2, 0.25) is 0 Å². The third-order valence-corrected chi connectivity index (χ3v) is 3.60. The second-order valence-electron chi connectivity index (χ2n) is 5.21. The summed E-state index contributed by atoms with van der Waals surface area (Å²) in [4.78, 5) is 42.8. The van der Waals surface area contributed by atoms with Crippen LogP contribution in [0, 0.1) is 0 Å². The highest BCUT2D eigenvalue weighted by Crippen LogP contribution is 2.24. The molecule has 0 bridgehead atoms. The molecule has 0 saturated heterocycles. The summed E-state index contributed by atoms with van der Waals surface area (Å²) in [7, 11) is 0. The molecule has 1 aliphatic heterocycles. The number of rotatable bonds is 5. The Balaban J connectivity index is 0.00000225. The first-order chi connectivity index (χ1) is 11.5. The van der Waals surface area contributed by atoms with E-state index < -0.39 is 5.97 Å². The van der Waals surface area contributed by atoms with Crippen LogP contribution in [0.3, 0.4) is 0 Å². The molecule has 2 heterocycles. The topological polar surface area (TPSA) is 159 Å². The molecule has 1 aromatic carbocycles. The van der Waals surface area contributed by atoms with E-state index in [1.807, 2.05) is 0 Å². The molecule has 0 saturated carbocycles. The number of nitrogens with zero attached hydrogens (tertiary/aromatic N) is 2. The van der Waals surface area contributed by atoms with Crippen molar-refractivity contribution in [3.05, 3.63) is 46.5 Å². The van der Waals surface area contributed by atoms with Crippen molar-refractivity contribution >= 4 is 29.1 Å². The third kappa shape index (κ3) is 3.93. The molecule has 0 spiro atoms. The first-order valence-corrected chi connectivity index (χ1v) is 7.24. The van der Waals surface area contributed by atoms with Gasteiger partial charge in [0.15, 0.2) is 5.82 Å². The van der Waals surface area contributed by atoms with Gasteiger partial charge in [-0.3, -0.25) is 9.59 Å². The Kier molecular flexibility index (Phi) is 5.35. The highest BCUT2D eigenvalue weighted by molar-refractivity contribution is 5.92. The zero-order chi connectivity index (χ0) is 17.1. The molecule has 0 aliphatic carbocycles. The fourth-order valence-electron chi connectivity index (χ4n) is 2.38. The van der Waals surface area contributed by atoms with Crippen molar-refractivity contribution < 1.29 is 20.2 Å². The molecule has 0 unspecified atom stereocenters. The number of aromatic amines is 1. The number of anilines is 3. The van der Waals surface area contributed by atoms with E-state index in [0.717, 1.165) is 0 Å². The van der Waals surface area contributed by atoms with E-state index in [9.17, 15) is 14.4 Å². The van der Waals surface area contributed by atoms with Crippen molar-refractivity contribution in [1.29, 1.82) is 0 Å². The molecule has 0 radical (unpaired) electrons. The Morgan fingerprint density at radius 1 is 1.28 bits per heavy atom. The number of carbonyl (C=O) groups excluding carboxylic acids is 1. The van der Waals surface area contributed by atoms with Crippen LogP contribution in [0.15, 0.2) is 35.4 Å². The molecule has 132 valence electrons. The van der Waals surface area contributed by atoms with Crippen molar-refractivity contribution in [2.75, 3.05) is 28.7 Å². The van der Waals surface area contributed by atoms with E-state index in [-0.39, 0.29) is 28.9 Å². The number of carboxylic acids is 1. The largest absolute Gasteiger partial charge is 0.478 e. The number of nitrogens with one attached hydrogen (secondary N) is 3. The van der Waals surface area contributed by atoms with Gasteiger partial charge in [0.2, 0.25) is 5.91 Å². The molecule has 10 heteroatoms. The number of carbonyl (C=O) groups is 2. The maximum absolute atomic E-state index is 12.0. The van der Waals surface area contributed by atoms with Gasteiger partial charge in [0.05, 0.1) is 18.6 Å². The van der Waals surface area contributed by atoms with Crippen LogP contribution < -0.4 is 21.1 Å². The quantitative estimate of drug-likeness (QED) is 0.586. The molecule has 2 aromatic rings. The summed E-state index contributed by atoms with van der Waals surface area (Å²) >= 11 is 0. The summed E-state index contributed by atoms with van der Waals surface area (Å²) < 4.78 is 0. The number of aromatic nitrogens is 2. The van der Waals surface area contributed by atoms with E-state index in [0.29, 0.717) is 30.4 Å². The minimum Gasteiger partial charge on any atom is -0.478 e. The molecule has 0 atom stereocenters. The van der Waals surface area contributed by atoms with Crippen LogP contribution in [0.4, 0.5) is 17.2 Å². The number of aromatic carboxylic acids is 1. The summed E-state index contributed by atoms with van der Waals surface area (Å²) in [5, 5.41) is 14.5. The SMILES string of the molecule is O.O=C(CCN1CNc2c1nc[nH]c2=O)Nc1ccc(C(=O)O)cc1. The van der Waals surface area contributed by atoms with Crippen molar-refractivity contribution in [2.24, 2.45) is 0 Å². The van der Waals surface area contributed by atoms with Crippen LogP contribution in [-0.2, 0) is 4.79 Å². The standard InChI is InChI=1S/C15H15N5O4.H2O/c21-11(19-10-3-1-9(2-4-10)15(23)24)5-6-20-8-18-12-13(20)16-7-17-14(12)22;/h1-4,7,18H,5-6,8H2,(H,19,21)(H,23,24)(H,16,17,22);1H2. The molecular formula is C15H17N5O5. The smallest absolute Gasteiger partial charge is 0.335 e. The highest BCUT2D eigenvalue weighted by atomic mass is 16.4. The van der Waals surface area contributed by atoms with Gasteiger partial charge in [-0.1, -0.05) is 0 Å². The number of carboxylic acid groups (broad SMARTS) is 1. The van der Waals surface area contributed by atoms with Crippen molar-refractivity contribution in [3.63, 3.8) is 0 Å². The van der Waals surface area contributed by atoms with E-state index in [1.165, 1.54) is 30.6 Å². The minimum absolute atomic E-state index is 0. The Labute approximate surface area is 141 Å².